The number of benzene rings is 3. The first-order chi connectivity index (χ1) is 19.0. The minimum Gasteiger partial charge on any atom is -0.352 e. The first-order valence-electron chi connectivity index (χ1n) is 13.8. The number of carbonyl (C=O) groups is 2. The molecule has 8 heteroatoms. The van der Waals surface area contributed by atoms with E-state index in [4.69, 9.17) is 0 Å². The fourth-order valence-electron chi connectivity index (χ4n) is 4.57. The van der Waals surface area contributed by atoms with Crippen LogP contribution in [0, 0.1) is 20.8 Å². The number of aryl methyl sites for hydroxylation is 2. The SMILES string of the molecule is CC[C@H](C)NC(=O)[C@H](CC)N(Cc1ccccc1C)C(=O)CN(c1cccc(C)c1C)S(=O)(=O)c1ccccc1. The number of hydrogen-bond donors (Lipinski definition) is 1. The molecule has 0 aliphatic carbocycles. The number of nitrogens with zero attached hydrogens (tertiary/aromatic N) is 2. The van der Waals surface area contributed by atoms with E-state index in [-0.39, 0.29) is 23.4 Å². The molecule has 0 saturated carbocycles. The average molecular weight is 564 g/mol. The molecule has 0 aliphatic rings. The van der Waals surface area contributed by atoms with Crippen LogP contribution in [0.4, 0.5) is 5.69 Å². The number of nitrogens with one attached hydrogen (secondary N) is 1. The second-order valence-electron chi connectivity index (χ2n) is 10.2. The van der Waals surface area contributed by atoms with Crippen LogP contribution in [-0.4, -0.2) is 43.8 Å². The number of sulfonamides is 1. The Hall–Kier alpha value is -3.65. The van der Waals surface area contributed by atoms with Crippen LogP contribution in [-0.2, 0) is 26.2 Å². The first-order valence-corrected chi connectivity index (χ1v) is 15.2. The van der Waals surface area contributed by atoms with Crippen LogP contribution >= 0.6 is 0 Å². The highest BCUT2D eigenvalue weighted by atomic mass is 32.2. The molecule has 0 bridgehead atoms. The van der Waals surface area contributed by atoms with Gasteiger partial charge in [0.15, 0.2) is 0 Å². The van der Waals surface area contributed by atoms with Gasteiger partial charge >= 0.3 is 0 Å². The van der Waals surface area contributed by atoms with Gasteiger partial charge in [-0.3, -0.25) is 13.9 Å². The molecular formula is C32H41N3O4S. The predicted molar refractivity (Wildman–Crippen MR) is 161 cm³/mol. The third-order valence-corrected chi connectivity index (χ3v) is 9.22. The summed E-state index contributed by atoms with van der Waals surface area (Å²) in [7, 11) is -4.09. The highest BCUT2D eigenvalue weighted by Crippen LogP contribution is 2.29. The van der Waals surface area contributed by atoms with Gasteiger partial charge in [-0.05, 0) is 81.0 Å². The van der Waals surface area contributed by atoms with Crippen molar-refractivity contribution in [2.45, 2.75) is 77.9 Å². The average Bonchev–Trinajstić information content (AvgIpc) is 2.94. The minimum atomic E-state index is -4.09. The maximum Gasteiger partial charge on any atom is 0.264 e. The zero-order chi connectivity index (χ0) is 29.4. The van der Waals surface area contributed by atoms with Crippen molar-refractivity contribution in [1.29, 1.82) is 0 Å². The second-order valence-corrected chi connectivity index (χ2v) is 12.1. The van der Waals surface area contributed by atoms with Crippen molar-refractivity contribution >= 4 is 27.5 Å². The fourth-order valence-corrected chi connectivity index (χ4v) is 6.06. The van der Waals surface area contributed by atoms with Crippen molar-refractivity contribution in [3.63, 3.8) is 0 Å². The Balaban J connectivity index is 2.10. The highest BCUT2D eigenvalue weighted by molar-refractivity contribution is 7.92. The van der Waals surface area contributed by atoms with E-state index in [0.29, 0.717) is 12.1 Å². The van der Waals surface area contributed by atoms with Crippen molar-refractivity contribution in [2.24, 2.45) is 0 Å². The van der Waals surface area contributed by atoms with Crippen LogP contribution in [0.2, 0.25) is 0 Å². The summed E-state index contributed by atoms with van der Waals surface area (Å²) in [4.78, 5) is 29.2. The molecule has 0 radical (unpaired) electrons. The quantitative estimate of drug-likeness (QED) is 0.314. The van der Waals surface area contributed by atoms with E-state index in [2.05, 4.69) is 5.32 Å². The lowest BCUT2D eigenvalue weighted by atomic mass is 10.1. The monoisotopic (exact) mass is 563 g/mol. The zero-order valence-corrected chi connectivity index (χ0v) is 25.2. The lowest BCUT2D eigenvalue weighted by Gasteiger charge is -2.34. The Morgan fingerprint density at radius 3 is 2.08 bits per heavy atom. The van der Waals surface area contributed by atoms with Crippen molar-refractivity contribution in [2.75, 3.05) is 10.8 Å². The van der Waals surface area contributed by atoms with Gasteiger partial charge in [0.1, 0.15) is 12.6 Å². The van der Waals surface area contributed by atoms with Crippen LogP contribution in [0.15, 0.2) is 77.7 Å². The summed E-state index contributed by atoms with van der Waals surface area (Å²) in [6.45, 7) is 11.2. The number of hydrogen-bond acceptors (Lipinski definition) is 4. The van der Waals surface area contributed by atoms with Crippen LogP contribution < -0.4 is 9.62 Å². The van der Waals surface area contributed by atoms with Crippen LogP contribution in [0.1, 0.15) is 55.9 Å². The van der Waals surface area contributed by atoms with Crippen molar-refractivity contribution in [3.8, 4) is 0 Å². The zero-order valence-electron chi connectivity index (χ0n) is 24.3. The maximum atomic E-state index is 14.2. The van der Waals surface area contributed by atoms with Gasteiger partial charge in [-0.25, -0.2) is 8.42 Å². The summed E-state index contributed by atoms with van der Waals surface area (Å²) in [6, 6.07) is 20.4. The lowest BCUT2D eigenvalue weighted by molar-refractivity contribution is -0.140. The van der Waals surface area contributed by atoms with E-state index in [1.54, 1.807) is 30.3 Å². The number of amides is 2. The standard InChI is InChI=1S/C32H41N3O4S/c1-7-25(5)33-32(37)29(8-2)34(21-27-17-13-12-15-24(27)4)31(36)22-35(30-20-14-16-23(3)26(30)6)40(38,39)28-18-10-9-11-19-28/h9-20,25,29H,7-8,21-22H2,1-6H3,(H,33,37)/t25-,29-/m0/s1. The molecule has 2 amide bonds. The first kappa shape index (κ1) is 30.9. The Kier molecular flexibility index (Phi) is 10.5. The second kappa shape index (κ2) is 13.6. The van der Waals surface area contributed by atoms with Gasteiger partial charge in [0.2, 0.25) is 11.8 Å². The Morgan fingerprint density at radius 2 is 1.45 bits per heavy atom. The van der Waals surface area contributed by atoms with Gasteiger partial charge in [0, 0.05) is 12.6 Å². The van der Waals surface area contributed by atoms with Gasteiger partial charge in [0.05, 0.1) is 10.6 Å². The molecule has 3 aromatic carbocycles. The molecule has 1 N–H and O–H groups in total. The van der Waals surface area contributed by atoms with Crippen molar-refractivity contribution in [3.05, 3.63) is 95.1 Å². The molecule has 40 heavy (non-hydrogen) atoms. The summed E-state index contributed by atoms with van der Waals surface area (Å²) in [6.07, 6.45) is 1.14. The van der Waals surface area contributed by atoms with Crippen molar-refractivity contribution < 1.29 is 18.0 Å². The summed E-state index contributed by atoms with van der Waals surface area (Å²) in [5, 5.41) is 3.01. The molecule has 0 spiro atoms. The minimum absolute atomic E-state index is 0.0538. The van der Waals surface area contributed by atoms with Gasteiger partial charge in [-0.2, -0.15) is 0 Å². The predicted octanol–water partition coefficient (Wildman–Crippen LogP) is 5.53. The van der Waals surface area contributed by atoms with Gasteiger partial charge < -0.3 is 10.2 Å². The molecule has 0 aromatic heterocycles. The molecule has 3 aromatic rings. The molecule has 0 unspecified atom stereocenters. The Labute approximate surface area is 239 Å². The number of rotatable bonds is 12. The van der Waals surface area contributed by atoms with E-state index >= 15 is 0 Å². The summed E-state index contributed by atoms with van der Waals surface area (Å²) in [5.74, 6) is -0.696. The van der Waals surface area contributed by atoms with E-state index in [1.165, 1.54) is 21.3 Å². The van der Waals surface area contributed by atoms with Crippen LogP contribution in [0.25, 0.3) is 0 Å². The van der Waals surface area contributed by atoms with E-state index in [9.17, 15) is 18.0 Å². The summed E-state index contributed by atoms with van der Waals surface area (Å²) in [5.41, 5.74) is 4.00. The Morgan fingerprint density at radius 1 is 0.825 bits per heavy atom. The lowest BCUT2D eigenvalue weighted by Crippen LogP contribution is -2.53. The normalized spacial score (nSPS) is 12.8. The Bertz CT molecular complexity index is 1420. The van der Waals surface area contributed by atoms with Gasteiger partial charge in [0.25, 0.3) is 10.0 Å². The van der Waals surface area contributed by atoms with Crippen LogP contribution in [0.5, 0.6) is 0 Å². The topological polar surface area (TPSA) is 86.8 Å². The molecule has 0 heterocycles. The largest absolute Gasteiger partial charge is 0.352 e. The van der Waals surface area contributed by atoms with E-state index in [1.807, 2.05) is 71.9 Å². The van der Waals surface area contributed by atoms with Gasteiger partial charge in [-0.1, -0.05) is 68.4 Å². The van der Waals surface area contributed by atoms with Crippen molar-refractivity contribution in [1.82, 2.24) is 10.2 Å². The molecule has 7 nitrogen and oxygen atoms in total. The number of anilines is 1. The smallest absolute Gasteiger partial charge is 0.264 e. The maximum absolute atomic E-state index is 14.2. The summed E-state index contributed by atoms with van der Waals surface area (Å²) >= 11 is 0. The molecule has 3 rings (SSSR count). The van der Waals surface area contributed by atoms with Gasteiger partial charge in [-0.15, -0.1) is 0 Å². The molecule has 0 aliphatic heterocycles. The molecule has 214 valence electrons. The van der Waals surface area contributed by atoms with Crippen LogP contribution in [0.3, 0.4) is 0 Å². The third kappa shape index (κ3) is 7.10. The fraction of sp³-hybridized carbons (Fsp3) is 0.375. The molecular weight excluding hydrogens is 522 g/mol. The third-order valence-electron chi connectivity index (χ3n) is 7.44. The molecule has 0 fully saturated rings. The highest BCUT2D eigenvalue weighted by Gasteiger charge is 2.34. The molecule has 2 atom stereocenters. The summed E-state index contributed by atoms with van der Waals surface area (Å²) < 4.78 is 29.2. The molecule has 0 saturated heterocycles. The van der Waals surface area contributed by atoms with E-state index in [0.717, 1.165) is 28.7 Å². The number of carbonyl (C=O) groups excluding carboxylic acids is 2. The van der Waals surface area contributed by atoms with E-state index < -0.39 is 28.5 Å².